The van der Waals surface area contributed by atoms with Crippen molar-refractivity contribution in [3.8, 4) is 11.5 Å². The Kier molecular flexibility index (Phi) is 6.41. The average Bonchev–Trinajstić information content (AvgIpc) is 3.12. The normalized spacial score (nSPS) is 16.9. The molecule has 1 unspecified atom stereocenters. The minimum absolute atomic E-state index is 0.0774. The maximum absolute atomic E-state index is 13.7. The van der Waals surface area contributed by atoms with Crippen LogP contribution in [0.15, 0.2) is 59.4 Å². The van der Waals surface area contributed by atoms with Crippen molar-refractivity contribution >= 4 is 28.4 Å². The molecule has 8 heteroatoms. The first-order valence-corrected chi connectivity index (χ1v) is 12.4. The maximum atomic E-state index is 13.7. The van der Waals surface area contributed by atoms with E-state index in [0.29, 0.717) is 40.2 Å². The first-order valence-electron chi connectivity index (χ1n) is 12.4. The fraction of sp³-hybridized carbons (Fsp3) is 0.310. The van der Waals surface area contributed by atoms with Crippen LogP contribution in [0.25, 0.3) is 16.6 Å². The summed E-state index contributed by atoms with van der Waals surface area (Å²) in [6, 6.07) is 10.2. The summed E-state index contributed by atoms with van der Waals surface area (Å²) in [6.07, 6.45) is 6.69. The predicted molar refractivity (Wildman–Crippen MR) is 141 cm³/mol. The Morgan fingerprint density at radius 2 is 1.92 bits per heavy atom. The van der Waals surface area contributed by atoms with Gasteiger partial charge in [0.15, 0.2) is 0 Å². The third-order valence-electron chi connectivity index (χ3n) is 6.58. The lowest BCUT2D eigenvalue weighted by Gasteiger charge is -2.21. The number of benzene rings is 2. The SMILES string of the molecule is COc1ccc2c(=O)n(C3=CC=CC(C)C3)c(CCN3C(=O)c4cccc(OC(C)C)c4C3=O)nc2c1. The minimum atomic E-state index is -0.402. The lowest BCUT2D eigenvalue weighted by atomic mass is 10.00. The van der Waals surface area contributed by atoms with Crippen LogP contribution in [0.4, 0.5) is 0 Å². The summed E-state index contributed by atoms with van der Waals surface area (Å²) < 4.78 is 12.8. The monoisotopic (exact) mass is 499 g/mol. The Balaban J connectivity index is 1.53. The summed E-state index contributed by atoms with van der Waals surface area (Å²) in [5.41, 5.74) is 1.75. The van der Waals surface area contributed by atoms with Gasteiger partial charge in [0.05, 0.1) is 35.2 Å². The number of allylic oxidation sites excluding steroid dienone is 4. The minimum Gasteiger partial charge on any atom is -0.497 e. The van der Waals surface area contributed by atoms with E-state index in [0.717, 1.165) is 5.70 Å². The second-order valence-corrected chi connectivity index (χ2v) is 9.63. The number of methoxy groups -OCH3 is 1. The van der Waals surface area contributed by atoms with E-state index < -0.39 is 5.91 Å². The fourth-order valence-electron chi connectivity index (χ4n) is 4.86. The number of imide groups is 1. The lowest BCUT2D eigenvalue weighted by molar-refractivity contribution is 0.0654. The molecule has 0 saturated heterocycles. The van der Waals surface area contributed by atoms with Gasteiger partial charge < -0.3 is 9.47 Å². The summed E-state index contributed by atoms with van der Waals surface area (Å²) >= 11 is 0. The lowest BCUT2D eigenvalue weighted by Crippen LogP contribution is -2.34. The van der Waals surface area contributed by atoms with Gasteiger partial charge in [-0.25, -0.2) is 4.98 Å². The highest BCUT2D eigenvalue weighted by Crippen LogP contribution is 2.32. The van der Waals surface area contributed by atoms with Crippen LogP contribution >= 0.6 is 0 Å². The van der Waals surface area contributed by atoms with Crippen LogP contribution < -0.4 is 15.0 Å². The number of amides is 2. The Bertz CT molecular complexity index is 1530. The van der Waals surface area contributed by atoms with Crippen molar-refractivity contribution in [3.05, 3.63) is 81.9 Å². The van der Waals surface area contributed by atoms with Crippen LogP contribution in [-0.2, 0) is 6.42 Å². The fourth-order valence-corrected chi connectivity index (χ4v) is 4.86. The molecule has 2 heterocycles. The van der Waals surface area contributed by atoms with E-state index in [-0.39, 0.29) is 42.0 Å². The van der Waals surface area contributed by atoms with Crippen LogP contribution in [0, 0.1) is 5.92 Å². The molecule has 1 atom stereocenters. The number of carbonyl (C=O) groups excluding carboxylic acids is 2. The second kappa shape index (κ2) is 9.69. The Hall–Kier alpha value is -4.20. The number of fused-ring (bicyclic) bond motifs is 2. The van der Waals surface area contributed by atoms with E-state index in [1.165, 1.54) is 4.90 Å². The van der Waals surface area contributed by atoms with Gasteiger partial charge in [-0.1, -0.05) is 25.1 Å². The van der Waals surface area contributed by atoms with Gasteiger partial charge in [-0.3, -0.25) is 23.9 Å². The topological polar surface area (TPSA) is 90.7 Å². The molecule has 0 spiro atoms. The van der Waals surface area contributed by atoms with E-state index in [4.69, 9.17) is 14.5 Å². The summed E-state index contributed by atoms with van der Waals surface area (Å²) in [6.45, 7) is 5.90. The number of ether oxygens (including phenoxy) is 2. The molecule has 1 aromatic heterocycles. The van der Waals surface area contributed by atoms with Crippen molar-refractivity contribution in [2.75, 3.05) is 13.7 Å². The third kappa shape index (κ3) is 4.43. The van der Waals surface area contributed by atoms with Gasteiger partial charge in [-0.2, -0.15) is 0 Å². The largest absolute Gasteiger partial charge is 0.497 e. The first-order chi connectivity index (χ1) is 17.8. The molecular formula is C29H29N3O5. The van der Waals surface area contributed by atoms with Gasteiger partial charge in [0.25, 0.3) is 17.4 Å². The molecule has 0 radical (unpaired) electrons. The van der Waals surface area contributed by atoms with Crippen LogP contribution in [0.3, 0.4) is 0 Å². The molecule has 2 aromatic carbocycles. The number of carbonyl (C=O) groups is 2. The quantitative estimate of drug-likeness (QED) is 0.446. The number of hydrogen-bond donors (Lipinski definition) is 0. The molecule has 2 amide bonds. The molecule has 2 aliphatic rings. The Morgan fingerprint density at radius 3 is 2.65 bits per heavy atom. The van der Waals surface area contributed by atoms with E-state index in [2.05, 4.69) is 13.0 Å². The van der Waals surface area contributed by atoms with E-state index in [1.807, 2.05) is 26.0 Å². The van der Waals surface area contributed by atoms with E-state index in [1.54, 1.807) is 48.1 Å². The van der Waals surface area contributed by atoms with E-state index in [9.17, 15) is 14.4 Å². The summed E-state index contributed by atoms with van der Waals surface area (Å²) in [5, 5.41) is 0.476. The van der Waals surface area contributed by atoms with Crippen molar-refractivity contribution in [2.24, 2.45) is 5.92 Å². The summed E-state index contributed by atoms with van der Waals surface area (Å²) in [4.78, 5) is 46.2. The molecule has 0 fully saturated rings. The summed E-state index contributed by atoms with van der Waals surface area (Å²) in [7, 11) is 1.56. The van der Waals surface area contributed by atoms with Gasteiger partial charge >= 0.3 is 0 Å². The van der Waals surface area contributed by atoms with Crippen LogP contribution in [0.5, 0.6) is 11.5 Å². The molecule has 37 heavy (non-hydrogen) atoms. The van der Waals surface area contributed by atoms with Gasteiger partial charge in [-0.15, -0.1) is 0 Å². The number of rotatable bonds is 7. The van der Waals surface area contributed by atoms with Crippen molar-refractivity contribution in [1.29, 1.82) is 0 Å². The van der Waals surface area contributed by atoms with Crippen molar-refractivity contribution in [3.63, 3.8) is 0 Å². The number of nitrogens with zero attached hydrogens (tertiary/aromatic N) is 3. The average molecular weight is 500 g/mol. The van der Waals surface area contributed by atoms with Gasteiger partial charge in [0.1, 0.15) is 17.3 Å². The van der Waals surface area contributed by atoms with Gasteiger partial charge in [0.2, 0.25) is 0 Å². The number of hydrogen-bond acceptors (Lipinski definition) is 6. The van der Waals surface area contributed by atoms with Gasteiger partial charge in [0, 0.05) is 24.7 Å². The zero-order valence-electron chi connectivity index (χ0n) is 21.4. The second-order valence-electron chi connectivity index (χ2n) is 9.63. The number of aromatic nitrogens is 2. The third-order valence-corrected chi connectivity index (χ3v) is 6.58. The molecule has 3 aromatic rings. The van der Waals surface area contributed by atoms with Crippen molar-refractivity contribution < 1.29 is 19.1 Å². The molecule has 5 rings (SSSR count). The predicted octanol–water partition coefficient (Wildman–Crippen LogP) is 4.47. The van der Waals surface area contributed by atoms with Crippen molar-refractivity contribution in [2.45, 2.75) is 39.7 Å². The molecule has 190 valence electrons. The van der Waals surface area contributed by atoms with Crippen LogP contribution in [0.1, 0.15) is 53.7 Å². The van der Waals surface area contributed by atoms with E-state index >= 15 is 0 Å². The molecular weight excluding hydrogens is 470 g/mol. The van der Waals surface area contributed by atoms with Gasteiger partial charge in [-0.05, 0) is 56.5 Å². The molecule has 1 aliphatic heterocycles. The van der Waals surface area contributed by atoms with Crippen LogP contribution in [-0.4, -0.2) is 46.0 Å². The highest BCUT2D eigenvalue weighted by atomic mass is 16.5. The summed E-state index contributed by atoms with van der Waals surface area (Å²) in [5.74, 6) is 0.959. The molecule has 8 nitrogen and oxygen atoms in total. The molecule has 0 N–H and O–H groups in total. The molecule has 0 saturated carbocycles. The molecule has 0 bridgehead atoms. The van der Waals surface area contributed by atoms with Crippen molar-refractivity contribution in [1.82, 2.24) is 14.5 Å². The highest BCUT2D eigenvalue weighted by molar-refractivity contribution is 6.22. The smallest absolute Gasteiger partial charge is 0.265 e. The highest BCUT2D eigenvalue weighted by Gasteiger charge is 2.38. The molecule has 1 aliphatic carbocycles. The van der Waals surface area contributed by atoms with Crippen LogP contribution in [0.2, 0.25) is 0 Å². The Morgan fingerprint density at radius 1 is 1.11 bits per heavy atom. The maximum Gasteiger partial charge on any atom is 0.265 e. The Labute approximate surface area is 214 Å². The zero-order chi connectivity index (χ0) is 26.3. The standard InChI is InChI=1S/C29H29N3O5/c1-17(2)37-24-10-6-9-22-26(24)29(35)31(27(22)33)14-13-25-30-23-16-20(36-4)11-12-21(23)28(34)32(25)19-8-5-7-18(3)15-19/h5-12,16-18H,13-15H2,1-4H3. The zero-order valence-corrected chi connectivity index (χ0v) is 21.4. The first kappa shape index (κ1) is 24.5.